The van der Waals surface area contributed by atoms with Gasteiger partial charge in [-0.2, -0.15) is 0 Å². The highest BCUT2D eigenvalue weighted by Crippen LogP contribution is 2.48. The maximum absolute atomic E-state index is 12.2. The Balaban J connectivity index is 1.84. The van der Waals surface area contributed by atoms with Gasteiger partial charge in [0, 0.05) is 16.2 Å². The highest BCUT2D eigenvalue weighted by Gasteiger charge is 2.55. The minimum atomic E-state index is -1.07. The molecule has 1 aromatic carbocycles. The predicted octanol–water partition coefficient (Wildman–Crippen LogP) is 2.08. The molecule has 0 aliphatic carbocycles. The van der Waals surface area contributed by atoms with Gasteiger partial charge in [-0.3, -0.25) is 4.79 Å². The van der Waals surface area contributed by atoms with Gasteiger partial charge in [-0.25, -0.2) is 4.79 Å². The standard InChI is InChI=1S/C16H17NO4S/c1-9(18)7-11-12-8-13(22-10-5-3-2-4-6-10)14(16(20)21)17(12)15(11)19/h2-6,9,11-12,18H,7-8H2,1H3,(H,20,21). The first kappa shape index (κ1) is 15.1. The zero-order chi connectivity index (χ0) is 15.9. The number of carbonyl (C=O) groups excluding carboxylic acids is 1. The van der Waals surface area contributed by atoms with E-state index in [9.17, 15) is 19.8 Å². The molecule has 22 heavy (non-hydrogen) atoms. The van der Waals surface area contributed by atoms with Crippen LogP contribution < -0.4 is 0 Å². The summed E-state index contributed by atoms with van der Waals surface area (Å²) in [7, 11) is 0. The molecule has 2 aliphatic rings. The third kappa shape index (κ3) is 2.53. The summed E-state index contributed by atoms with van der Waals surface area (Å²) in [6.45, 7) is 1.65. The van der Waals surface area contributed by atoms with E-state index < -0.39 is 12.1 Å². The molecule has 0 aromatic heterocycles. The molecule has 6 heteroatoms. The first-order chi connectivity index (χ1) is 10.5. The van der Waals surface area contributed by atoms with E-state index in [1.165, 1.54) is 16.7 Å². The molecular formula is C16H17NO4S. The Kier molecular flexibility index (Phi) is 3.97. The molecule has 116 valence electrons. The normalized spacial score (nSPS) is 25.0. The van der Waals surface area contributed by atoms with Crippen LogP contribution in [0.25, 0.3) is 0 Å². The van der Waals surface area contributed by atoms with E-state index in [0.717, 1.165) is 4.90 Å². The number of fused-ring (bicyclic) bond motifs is 1. The topological polar surface area (TPSA) is 77.8 Å². The van der Waals surface area contributed by atoms with Crippen LogP contribution in [0.15, 0.2) is 45.8 Å². The van der Waals surface area contributed by atoms with E-state index in [2.05, 4.69) is 0 Å². The number of carboxylic acid groups (broad SMARTS) is 1. The molecule has 2 N–H and O–H groups in total. The highest BCUT2D eigenvalue weighted by atomic mass is 32.2. The Hall–Kier alpha value is -1.79. The number of hydrogen-bond donors (Lipinski definition) is 2. The minimum Gasteiger partial charge on any atom is -0.477 e. The Bertz CT molecular complexity index is 641. The number of β-lactam (4-membered cyclic amide) rings is 1. The lowest BCUT2D eigenvalue weighted by Gasteiger charge is -2.43. The number of carbonyl (C=O) groups is 2. The molecule has 1 saturated heterocycles. The summed E-state index contributed by atoms with van der Waals surface area (Å²) < 4.78 is 0. The summed E-state index contributed by atoms with van der Waals surface area (Å²) >= 11 is 1.40. The molecule has 3 unspecified atom stereocenters. The number of carboxylic acids is 1. The van der Waals surface area contributed by atoms with Crippen LogP contribution in [0.1, 0.15) is 19.8 Å². The summed E-state index contributed by atoms with van der Waals surface area (Å²) in [5, 5.41) is 19.0. The van der Waals surface area contributed by atoms with Gasteiger partial charge in [0.15, 0.2) is 0 Å². The summed E-state index contributed by atoms with van der Waals surface area (Å²) in [5.41, 5.74) is 0.102. The molecule has 3 rings (SSSR count). The Morgan fingerprint density at radius 2 is 2.09 bits per heavy atom. The van der Waals surface area contributed by atoms with Crippen LogP contribution in [-0.2, 0) is 9.59 Å². The molecule has 0 spiro atoms. The molecule has 1 fully saturated rings. The zero-order valence-corrected chi connectivity index (χ0v) is 12.9. The maximum Gasteiger partial charge on any atom is 0.353 e. The van der Waals surface area contributed by atoms with Gasteiger partial charge in [-0.15, -0.1) is 0 Å². The number of aliphatic carboxylic acids is 1. The average molecular weight is 319 g/mol. The lowest BCUT2D eigenvalue weighted by Crippen LogP contribution is -2.59. The second kappa shape index (κ2) is 5.78. The maximum atomic E-state index is 12.2. The Labute approximate surface area is 132 Å². The number of aliphatic hydroxyl groups is 1. The van der Waals surface area contributed by atoms with E-state index in [4.69, 9.17) is 0 Å². The van der Waals surface area contributed by atoms with Crippen molar-refractivity contribution >= 4 is 23.6 Å². The monoisotopic (exact) mass is 319 g/mol. The molecule has 0 saturated carbocycles. The number of rotatable bonds is 5. The lowest BCUT2D eigenvalue weighted by molar-refractivity contribution is -0.156. The SMILES string of the molecule is CC(O)CC1C(=O)N2C(C(=O)O)=C(Sc3ccccc3)CC12. The number of nitrogens with zero attached hydrogens (tertiary/aromatic N) is 1. The van der Waals surface area contributed by atoms with Crippen LogP contribution in [-0.4, -0.2) is 39.1 Å². The molecule has 1 aromatic rings. The van der Waals surface area contributed by atoms with Crippen molar-refractivity contribution in [1.82, 2.24) is 4.90 Å². The minimum absolute atomic E-state index is 0.102. The van der Waals surface area contributed by atoms with Crippen molar-refractivity contribution in [2.24, 2.45) is 5.92 Å². The Morgan fingerprint density at radius 3 is 2.68 bits per heavy atom. The molecule has 2 heterocycles. The van der Waals surface area contributed by atoms with Crippen LogP contribution in [0.5, 0.6) is 0 Å². The van der Waals surface area contributed by atoms with Crippen molar-refractivity contribution in [3.05, 3.63) is 40.9 Å². The van der Waals surface area contributed by atoms with Crippen molar-refractivity contribution in [3.8, 4) is 0 Å². The highest BCUT2D eigenvalue weighted by molar-refractivity contribution is 8.03. The van der Waals surface area contributed by atoms with Crippen LogP contribution >= 0.6 is 11.8 Å². The molecule has 0 bridgehead atoms. The van der Waals surface area contributed by atoms with Gasteiger partial charge >= 0.3 is 5.97 Å². The van der Waals surface area contributed by atoms with Crippen molar-refractivity contribution in [2.45, 2.75) is 36.8 Å². The van der Waals surface area contributed by atoms with Gasteiger partial charge in [0.2, 0.25) is 5.91 Å². The molecule has 2 aliphatic heterocycles. The van der Waals surface area contributed by atoms with Gasteiger partial charge in [0.1, 0.15) is 5.70 Å². The lowest BCUT2D eigenvalue weighted by atomic mass is 9.83. The second-order valence-electron chi connectivity index (χ2n) is 5.66. The fraction of sp³-hybridized carbons (Fsp3) is 0.375. The van der Waals surface area contributed by atoms with Gasteiger partial charge in [0.25, 0.3) is 0 Å². The van der Waals surface area contributed by atoms with Crippen LogP contribution in [0.4, 0.5) is 0 Å². The van der Waals surface area contributed by atoms with Gasteiger partial charge in [-0.1, -0.05) is 30.0 Å². The third-order valence-corrected chi connectivity index (χ3v) is 5.15. The van der Waals surface area contributed by atoms with E-state index in [-0.39, 0.29) is 23.6 Å². The van der Waals surface area contributed by atoms with E-state index in [1.54, 1.807) is 6.92 Å². The number of aliphatic hydroxyl groups excluding tert-OH is 1. The fourth-order valence-electron chi connectivity index (χ4n) is 3.10. The largest absolute Gasteiger partial charge is 0.477 e. The quantitative estimate of drug-likeness (QED) is 0.813. The zero-order valence-electron chi connectivity index (χ0n) is 12.1. The summed E-state index contributed by atoms with van der Waals surface area (Å²) in [6, 6.07) is 9.41. The van der Waals surface area contributed by atoms with Crippen LogP contribution in [0.2, 0.25) is 0 Å². The van der Waals surface area contributed by atoms with Crippen LogP contribution in [0.3, 0.4) is 0 Å². The summed E-state index contributed by atoms with van der Waals surface area (Å²) in [6.07, 6.45) is 0.371. The smallest absolute Gasteiger partial charge is 0.353 e. The number of benzene rings is 1. The van der Waals surface area contributed by atoms with Crippen LogP contribution in [0, 0.1) is 5.92 Å². The van der Waals surface area contributed by atoms with Crippen molar-refractivity contribution < 1.29 is 19.8 Å². The summed E-state index contributed by atoms with van der Waals surface area (Å²) in [4.78, 5) is 26.8. The molecule has 5 nitrogen and oxygen atoms in total. The average Bonchev–Trinajstić information content (AvgIpc) is 2.81. The second-order valence-corrected chi connectivity index (χ2v) is 6.83. The fourth-order valence-corrected chi connectivity index (χ4v) is 4.22. The Morgan fingerprint density at radius 1 is 1.41 bits per heavy atom. The molecule has 3 atom stereocenters. The van der Waals surface area contributed by atoms with Crippen molar-refractivity contribution in [2.75, 3.05) is 0 Å². The van der Waals surface area contributed by atoms with Gasteiger partial charge in [0.05, 0.1) is 18.1 Å². The van der Waals surface area contributed by atoms with E-state index in [0.29, 0.717) is 17.7 Å². The third-order valence-electron chi connectivity index (χ3n) is 4.03. The van der Waals surface area contributed by atoms with Gasteiger partial charge < -0.3 is 15.1 Å². The first-order valence-electron chi connectivity index (χ1n) is 7.19. The molecule has 0 radical (unpaired) electrons. The number of thioether (sulfide) groups is 1. The first-order valence-corrected chi connectivity index (χ1v) is 8.01. The van der Waals surface area contributed by atoms with E-state index >= 15 is 0 Å². The number of hydrogen-bond acceptors (Lipinski definition) is 4. The van der Waals surface area contributed by atoms with Crippen molar-refractivity contribution in [1.29, 1.82) is 0 Å². The number of amides is 1. The van der Waals surface area contributed by atoms with Gasteiger partial charge in [-0.05, 0) is 25.5 Å². The summed E-state index contributed by atoms with van der Waals surface area (Å²) in [5.74, 6) is -1.53. The predicted molar refractivity (Wildman–Crippen MR) is 82.0 cm³/mol. The van der Waals surface area contributed by atoms with Crippen molar-refractivity contribution in [3.63, 3.8) is 0 Å². The van der Waals surface area contributed by atoms with E-state index in [1.807, 2.05) is 30.3 Å². The molecule has 1 amide bonds. The molecular weight excluding hydrogens is 302 g/mol.